The third kappa shape index (κ3) is 3.06. The summed E-state index contributed by atoms with van der Waals surface area (Å²) in [6.07, 6.45) is 0.557. The highest BCUT2D eigenvalue weighted by molar-refractivity contribution is 7.17. The van der Waals surface area contributed by atoms with Crippen LogP contribution in [0.2, 0.25) is 0 Å². The summed E-state index contributed by atoms with van der Waals surface area (Å²) in [5, 5.41) is 4.32. The van der Waals surface area contributed by atoms with Crippen LogP contribution in [0.3, 0.4) is 0 Å². The largest absolute Gasteiger partial charge is 0.477 e. The summed E-state index contributed by atoms with van der Waals surface area (Å²) in [4.78, 5) is 43.2. The molecule has 0 saturated carbocycles. The van der Waals surface area contributed by atoms with Gasteiger partial charge in [-0.1, -0.05) is 12.1 Å². The molecule has 8 nitrogen and oxygen atoms in total. The molecule has 3 heterocycles. The second-order valence-electron chi connectivity index (χ2n) is 6.01. The molecule has 1 unspecified atom stereocenters. The first-order chi connectivity index (χ1) is 13.1. The average molecular weight is 384 g/mol. The molecule has 1 aromatic carbocycles. The number of hydrogen-bond donors (Lipinski definition) is 1. The van der Waals surface area contributed by atoms with E-state index in [1.807, 2.05) is 0 Å². The summed E-state index contributed by atoms with van der Waals surface area (Å²) in [5.74, 6) is -0.189. The second-order valence-corrected chi connectivity index (χ2v) is 6.92. The summed E-state index contributed by atoms with van der Waals surface area (Å²) in [6.45, 7) is -0.104. The molecule has 1 aliphatic rings. The predicted molar refractivity (Wildman–Crippen MR) is 101 cm³/mol. The molecule has 2 aromatic heterocycles. The van der Waals surface area contributed by atoms with Gasteiger partial charge < -0.3 is 15.0 Å². The van der Waals surface area contributed by atoms with Gasteiger partial charge in [0.05, 0.1) is 24.1 Å². The standard InChI is InChI=1S/C18H16N4O4S/c1-19-17(24)14-8-22(12-4-2-3-5-13(12)26-14)15(23)9-21-10-20-11-6-7-27-16(11)18(21)25/h2-7,10,14H,8-9H2,1H3,(H,19,24). The van der Waals surface area contributed by atoms with E-state index in [2.05, 4.69) is 10.3 Å². The SMILES string of the molecule is CNC(=O)C1CN(C(=O)Cn2cnc3ccsc3c2=O)c2ccccc2O1. The van der Waals surface area contributed by atoms with E-state index in [1.54, 1.807) is 35.7 Å². The van der Waals surface area contributed by atoms with Crippen molar-refractivity contribution in [1.29, 1.82) is 0 Å². The number of anilines is 1. The molecule has 0 fully saturated rings. The van der Waals surface area contributed by atoms with Crippen molar-refractivity contribution < 1.29 is 14.3 Å². The first-order valence-electron chi connectivity index (χ1n) is 8.29. The van der Waals surface area contributed by atoms with Gasteiger partial charge >= 0.3 is 0 Å². The fourth-order valence-electron chi connectivity index (χ4n) is 2.99. The molecule has 0 radical (unpaired) electrons. The molecule has 3 aromatic rings. The number of amides is 2. The molecule has 2 amide bonds. The second kappa shape index (κ2) is 6.84. The summed E-state index contributed by atoms with van der Waals surface area (Å²) in [5.41, 5.74) is 0.929. The van der Waals surface area contributed by atoms with Gasteiger partial charge in [-0.2, -0.15) is 0 Å². The van der Waals surface area contributed by atoms with Crippen molar-refractivity contribution in [2.24, 2.45) is 0 Å². The first kappa shape index (κ1) is 17.2. The van der Waals surface area contributed by atoms with Crippen LogP contribution in [0, 0.1) is 0 Å². The molecule has 1 aliphatic heterocycles. The van der Waals surface area contributed by atoms with E-state index in [9.17, 15) is 14.4 Å². The fourth-order valence-corrected chi connectivity index (χ4v) is 3.78. The van der Waals surface area contributed by atoms with Gasteiger partial charge in [0.25, 0.3) is 11.5 Å². The first-order valence-corrected chi connectivity index (χ1v) is 9.16. The highest BCUT2D eigenvalue weighted by Crippen LogP contribution is 2.33. The van der Waals surface area contributed by atoms with Gasteiger partial charge in [0.2, 0.25) is 5.91 Å². The minimum Gasteiger partial charge on any atom is -0.477 e. The molecule has 0 spiro atoms. The van der Waals surface area contributed by atoms with E-state index in [1.165, 1.54) is 34.2 Å². The van der Waals surface area contributed by atoms with E-state index in [4.69, 9.17) is 4.74 Å². The van der Waals surface area contributed by atoms with Crippen molar-refractivity contribution in [2.45, 2.75) is 12.6 Å². The number of para-hydroxylation sites is 2. The van der Waals surface area contributed by atoms with E-state index < -0.39 is 6.10 Å². The Labute approximate surface area is 158 Å². The lowest BCUT2D eigenvalue weighted by Crippen LogP contribution is -2.51. The zero-order valence-corrected chi connectivity index (χ0v) is 15.2. The van der Waals surface area contributed by atoms with Gasteiger partial charge in [0, 0.05) is 7.05 Å². The maximum atomic E-state index is 13.0. The van der Waals surface area contributed by atoms with Crippen LogP contribution in [0.15, 0.2) is 46.8 Å². The number of nitrogens with one attached hydrogen (secondary N) is 1. The minimum absolute atomic E-state index is 0.0684. The van der Waals surface area contributed by atoms with Crippen molar-refractivity contribution >= 4 is 39.1 Å². The van der Waals surface area contributed by atoms with Crippen LogP contribution in [-0.4, -0.2) is 41.1 Å². The van der Waals surface area contributed by atoms with Crippen LogP contribution in [0.1, 0.15) is 0 Å². The number of fused-ring (bicyclic) bond motifs is 2. The lowest BCUT2D eigenvalue weighted by Gasteiger charge is -2.34. The van der Waals surface area contributed by atoms with Gasteiger partial charge in [-0.15, -0.1) is 11.3 Å². The Morgan fingerprint density at radius 1 is 1.33 bits per heavy atom. The third-order valence-electron chi connectivity index (χ3n) is 4.35. The Hall–Kier alpha value is -3.20. The maximum absolute atomic E-state index is 13.0. The van der Waals surface area contributed by atoms with Crippen molar-refractivity contribution in [2.75, 3.05) is 18.5 Å². The number of hydrogen-bond acceptors (Lipinski definition) is 6. The van der Waals surface area contributed by atoms with Crippen molar-refractivity contribution in [3.05, 3.63) is 52.4 Å². The van der Waals surface area contributed by atoms with E-state index in [0.29, 0.717) is 21.7 Å². The van der Waals surface area contributed by atoms with Crippen LogP contribution in [-0.2, 0) is 16.1 Å². The van der Waals surface area contributed by atoms with Crippen molar-refractivity contribution in [3.8, 4) is 5.75 Å². The normalized spacial score (nSPS) is 15.9. The zero-order chi connectivity index (χ0) is 19.0. The molecule has 1 atom stereocenters. The number of carbonyl (C=O) groups is 2. The molecule has 138 valence electrons. The van der Waals surface area contributed by atoms with Crippen molar-refractivity contribution in [3.63, 3.8) is 0 Å². The molecule has 4 rings (SSSR count). The topological polar surface area (TPSA) is 93.5 Å². The number of carbonyl (C=O) groups excluding carboxylic acids is 2. The monoisotopic (exact) mass is 384 g/mol. The Kier molecular flexibility index (Phi) is 4.36. The highest BCUT2D eigenvalue weighted by atomic mass is 32.1. The Morgan fingerprint density at radius 3 is 2.96 bits per heavy atom. The van der Waals surface area contributed by atoms with Crippen LogP contribution < -0.4 is 20.5 Å². The summed E-state index contributed by atoms with van der Waals surface area (Å²) in [6, 6.07) is 8.77. The van der Waals surface area contributed by atoms with E-state index in [0.717, 1.165) is 0 Å². The predicted octanol–water partition coefficient (Wildman–Crippen LogP) is 0.998. The van der Waals surface area contributed by atoms with Gasteiger partial charge in [-0.3, -0.25) is 19.0 Å². The maximum Gasteiger partial charge on any atom is 0.271 e. The number of nitrogens with zero attached hydrogens (tertiary/aromatic N) is 3. The lowest BCUT2D eigenvalue weighted by atomic mass is 10.1. The van der Waals surface area contributed by atoms with Gasteiger partial charge in [-0.05, 0) is 23.6 Å². The van der Waals surface area contributed by atoms with Gasteiger partial charge in [0.1, 0.15) is 17.0 Å². The molecule has 0 bridgehead atoms. The summed E-state index contributed by atoms with van der Waals surface area (Å²) >= 11 is 1.29. The molecule has 0 aliphatic carbocycles. The number of aromatic nitrogens is 2. The van der Waals surface area contributed by atoms with Crippen LogP contribution in [0.25, 0.3) is 10.2 Å². The Bertz CT molecular complexity index is 1090. The van der Waals surface area contributed by atoms with Gasteiger partial charge in [0.15, 0.2) is 6.10 Å². The highest BCUT2D eigenvalue weighted by Gasteiger charge is 2.33. The number of rotatable bonds is 3. The van der Waals surface area contributed by atoms with Crippen LogP contribution >= 0.6 is 11.3 Å². The quantitative estimate of drug-likeness (QED) is 0.727. The average Bonchev–Trinajstić information content (AvgIpc) is 3.18. The van der Waals surface area contributed by atoms with Crippen LogP contribution in [0.5, 0.6) is 5.75 Å². The summed E-state index contributed by atoms with van der Waals surface area (Å²) in [7, 11) is 1.51. The smallest absolute Gasteiger partial charge is 0.271 e. The van der Waals surface area contributed by atoms with E-state index >= 15 is 0 Å². The van der Waals surface area contributed by atoms with E-state index in [-0.39, 0.29) is 30.5 Å². The molecular weight excluding hydrogens is 368 g/mol. The number of benzene rings is 1. The Morgan fingerprint density at radius 2 is 2.15 bits per heavy atom. The van der Waals surface area contributed by atoms with Gasteiger partial charge in [-0.25, -0.2) is 4.98 Å². The number of thiophene rings is 1. The molecular formula is C18H16N4O4S. The molecule has 27 heavy (non-hydrogen) atoms. The lowest BCUT2D eigenvalue weighted by molar-refractivity contribution is -0.128. The number of ether oxygens (including phenoxy) is 1. The fraction of sp³-hybridized carbons (Fsp3) is 0.222. The summed E-state index contributed by atoms with van der Waals surface area (Å²) < 4.78 is 7.50. The Balaban J connectivity index is 1.66. The zero-order valence-electron chi connectivity index (χ0n) is 14.4. The number of likely N-dealkylation sites (N-methyl/N-ethyl adjacent to an activating group) is 1. The van der Waals surface area contributed by atoms with Crippen molar-refractivity contribution in [1.82, 2.24) is 14.9 Å². The molecule has 9 heteroatoms. The third-order valence-corrected chi connectivity index (χ3v) is 5.25. The molecule has 0 saturated heterocycles. The molecule has 1 N–H and O–H groups in total. The minimum atomic E-state index is -0.816. The van der Waals surface area contributed by atoms with Crippen LogP contribution in [0.4, 0.5) is 5.69 Å².